The topological polar surface area (TPSA) is 96.9 Å². The molecular formula is C10H11N4O3S+. The fourth-order valence-corrected chi connectivity index (χ4v) is 1.72. The van der Waals surface area contributed by atoms with Crippen LogP contribution in [0.3, 0.4) is 0 Å². The molecule has 2 aromatic rings. The number of hydrogen-bond acceptors (Lipinski definition) is 5. The van der Waals surface area contributed by atoms with Crippen LogP contribution in [0.2, 0.25) is 0 Å². The number of aromatic nitrogens is 4. The summed E-state index contributed by atoms with van der Waals surface area (Å²) in [4.78, 5) is 8.14. The summed E-state index contributed by atoms with van der Waals surface area (Å²) in [5, 5.41) is 4.02. The van der Waals surface area contributed by atoms with Gasteiger partial charge in [-0.2, -0.15) is 8.42 Å². The van der Waals surface area contributed by atoms with Crippen LogP contribution in [-0.2, 0) is 16.7 Å². The van der Waals surface area contributed by atoms with Crippen LogP contribution in [0.5, 0.6) is 0 Å². The highest BCUT2D eigenvalue weighted by Gasteiger charge is 2.11. The van der Waals surface area contributed by atoms with Gasteiger partial charge in [0.25, 0.3) is 10.1 Å². The van der Waals surface area contributed by atoms with Crippen LogP contribution in [0.4, 0.5) is 0 Å². The molecule has 0 fully saturated rings. The lowest BCUT2D eigenvalue weighted by Gasteiger charge is -1.97. The van der Waals surface area contributed by atoms with Gasteiger partial charge in [-0.15, -0.1) is 0 Å². The molecule has 0 aromatic carbocycles. The van der Waals surface area contributed by atoms with E-state index in [4.69, 9.17) is 4.55 Å². The Bertz CT molecular complexity index is 613. The SMILES string of the molecule is O=S(=O)(O)CC[n+]1ccc(-c2ncccn2)cn1. The molecule has 0 saturated carbocycles. The van der Waals surface area contributed by atoms with Gasteiger partial charge in [-0.1, -0.05) is 4.68 Å². The van der Waals surface area contributed by atoms with E-state index in [1.54, 1.807) is 36.9 Å². The molecule has 0 unspecified atom stereocenters. The molecule has 2 heterocycles. The van der Waals surface area contributed by atoms with Gasteiger partial charge in [0.2, 0.25) is 0 Å². The van der Waals surface area contributed by atoms with Crippen LogP contribution in [0.15, 0.2) is 36.9 Å². The Morgan fingerprint density at radius 2 is 2.00 bits per heavy atom. The standard InChI is InChI=1S/C10H10N4O3S/c15-18(16,17)7-6-14-5-2-9(8-13-14)10-11-3-1-4-12-10/h1-5,8H,6-7H2/p+1. The minimum atomic E-state index is -3.97. The van der Waals surface area contributed by atoms with E-state index in [9.17, 15) is 8.42 Å². The van der Waals surface area contributed by atoms with Crippen LogP contribution in [-0.4, -0.2) is 33.8 Å². The summed E-state index contributed by atoms with van der Waals surface area (Å²) in [7, 11) is -3.97. The number of rotatable bonds is 4. The molecule has 0 aliphatic rings. The van der Waals surface area contributed by atoms with Gasteiger partial charge in [-0.05, 0) is 11.2 Å². The van der Waals surface area contributed by atoms with Crippen molar-refractivity contribution in [3.8, 4) is 11.4 Å². The zero-order chi connectivity index (χ0) is 13.0. The highest BCUT2D eigenvalue weighted by atomic mass is 32.2. The lowest BCUT2D eigenvalue weighted by molar-refractivity contribution is -0.750. The third-order valence-electron chi connectivity index (χ3n) is 2.17. The van der Waals surface area contributed by atoms with Crippen LogP contribution in [0.1, 0.15) is 0 Å². The van der Waals surface area contributed by atoms with Crippen LogP contribution < -0.4 is 4.68 Å². The Morgan fingerprint density at radius 3 is 2.56 bits per heavy atom. The molecule has 18 heavy (non-hydrogen) atoms. The Balaban J connectivity index is 2.11. The molecule has 0 bridgehead atoms. The Labute approximate surface area is 104 Å². The fourth-order valence-electron chi connectivity index (χ4n) is 1.31. The van der Waals surface area contributed by atoms with Gasteiger partial charge in [0.15, 0.2) is 18.6 Å². The van der Waals surface area contributed by atoms with Gasteiger partial charge in [0.1, 0.15) is 11.9 Å². The first-order valence-electron chi connectivity index (χ1n) is 5.13. The van der Waals surface area contributed by atoms with Gasteiger partial charge >= 0.3 is 0 Å². The summed E-state index contributed by atoms with van der Waals surface area (Å²) in [6.45, 7) is 0.0920. The summed E-state index contributed by atoms with van der Waals surface area (Å²) in [6, 6.07) is 3.44. The summed E-state index contributed by atoms with van der Waals surface area (Å²) in [5.41, 5.74) is 0.735. The van der Waals surface area contributed by atoms with Crippen LogP contribution in [0.25, 0.3) is 11.4 Å². The number of aryl methyl sites for hydroxylation is 1. The van der Waals surface area contributed by atoms with E-state index in [1.165, 1.54) is 4.68 Å². The molecular weight excluding hydrogens is 256 g/mol. The van der Waals surface area contributed by atoms with Gasteiger partial charge in [-0.25, -0.2) is 9.97 Å². The Morgan fingerprint density at radius 1 is 1.28 bits per heavy atom. The molecule has 0 aliphatic carbocycles. The number of hydrogen-bond donors (Lipinski definition) is 1. The molecule has 0 aliphatic heterocycles. The predicted octanol–water partition coefficient (Wildman–Crippen LogP) is -0.286. The van der Waals surface area contributed by atoms with Crippen molar-refractivity contribution in [2.45, 2.75) is 6.54 Å². The van der Waals surface area contributed by atoms with E-state index in [0.717, 1.165) is 5.56 Å². The van der Waals surface area contributed by atoms with Crippen molar-refractivity contribution in [1.29, 1.82) is 0 Å². The Kier molecular flexibility index (Phi) is 3.58. The van der Waals surface area contributed by atoms with Gasteiger partial charge in [0, 0.05) is 24.0 Å². The molecule has 1 N–H and O–H groups in total. The normalized spacial score (nSPS) is 11.4. The Hall–Kier alpha value is -1.93. The summed E-state index contributed by atoms with van der Waals surface area (Å²) in [6.07, 6.45) is 6.40. The molecule has 0 saturated heterocycles. The maximum absolute atomic E-state index is 10.6. The lowest BCUT2D eigenvalue weighted by Crippen LogP contribution is -2.40. The smallest absolute Gasteiger partial charge is 0.271 e. The monoisotopic (exact) mass is 267 g/mol. The first-order valence-corrected chi connectivity index (χ1v) is 6.74. The minimum absolute atomic E-state index is 0.0920. The quantitative estimate of drug-likeness (QED) is 0.604. The third kappa shape index (κ3) is 3.54. The first kappa shape index (κ1) is 12.5. The zero-order valence-corrected chi connectivity index (χ0v) is 10.2. The molecule has 0 radical (unpaired) electrons. The van der Waals surface area contributed by atoms with Crippen molar-refractivity contribution in [2.75, 3.05) is 5.75 Å². The average Bonchev–Trinajstić information content (AvgIpc) is 2.37. The molecule has 8 heteroatoms. The van der Waals surface area contributed by atoms with Gasteiger partial charge in [-0.3, -0.25) is 4.55 Å². The summed E-state index contributed by atoms with van der Waals surface area (Å²) in [5.74, 6) is 0.179. The van der Waals surface area contributed by atoms with Crippen molar-refractivity contribution >= 4 is 10.1 Å². The van der Waals surface area contributed by atoms with Crippen molar-refractivity contribution in [2.24, 2.45) is 0 Å². The molecule has 2 aromatic heterocycles. The summed E-state index contributed by atoms with van der Waals surface area (Å²) >= 11 is 0. The van der Waals surface area contributed by atoms with E-state index in [1.807, 2.05) is 0 Å². The average molecular weight is 267 g/mol. The van der Waals surface area contributed by atoms with E-state index < -0.39 is 10.1 Å². The molecule has 0 spiro atoms. The zero-order valence-electron chi connectivity index (χ0n) is 9.34. The predicted molar refractivity (Wildman–Crippen MR) is 61.9 cm³/mol. The van der Waals surface area contributed by atoms with E-state index >= 15 is 0 Å². The largest absolute Gasteiger partial charge is 0.285 e. The summed E-state index contributed by atoms with van der Waals surface area (Å²) < 4.78 is 31.2. The third-order valence-corrected chi connectivity index (χ3v) is 2.87. The van der Waals surface area contributed by atoms with E-state index in [2.05, 4.69) is 15.1 Å². The van der Waals surface area contributed by atoms with Crippen molar-refractivity contribution in [1.82, 2.24) is 15.1 Å². The van der Waals surface area contributed by atoms with Gasteiger partial charge in [0.05, 0.1) is 0 Å². The molecule has 2 rings (SSSR count). The van der Waals surface area contributed by atoms with E-state index in [-0.39, 0.29) is 12.3 Å². The first-order chi connectivity index (χ1) is 8.54. The number of nitrogens with zero attached hydrogens (tertiary/aromatic N) is 4. The fraction of sp³-hybridized carbons (Fsp3) is 0.200. The second kappa shape index (κ2) is 5.15. The van der Waals surface area contributed by atoms with Crippen molar-refractivity contribution in [3.63, 3.8) is 0 Å². The minimum Gasteiger partial charge on any atom is -0.285 e. The van der Waals surface area contributed by atoms with Crippen LogP contribution >= 0.6 is 0 Å². The molecule has 7 nitrogen and oxygen atoms in total. The second-order valence-corrected chi connectivity index (χ2v) is 5.11. The maximum atomic E-state index is 10.6. The van der Waals surface area contributed by atoms with Gasteiger partial charge < -0.3 is 0 Å². The molecule has 0 amide bonds. The van der Waals surface area contributed by atoms with Crippen LogP contribution in [0, 0.1) is 0 Å². The van der Waals surface area contributed by atoms with Crippen molar-refractivity contribution < 1.29 is 17.7 Å². The second-order valence-electron chi connectivity index (χ2n) is 3.54. The highest BCUT2D eigenvalue weighted by molar-refractivity contribution is 7.85. The van der Waals surface area contributed by atoms with E-state index in [0.29, 0.717) is 5.82 Å². The van der Waals surface area contributed by atoms with Crippen molar-refractivity contribution in [3.05, 3.63) is 36.9 Å². The molecule has 94 valence electrons. The highest BCUT2D eigenvalue weighted by Crippen LogP contribution is 2.08. The molecule has 0 atom stereocenters. The maximum Gasteiger partial charge on any atom is 0.271 e. The lowest BCUT2D eigenvalue weighted by atomic mass is 10.3.